The van der Waals surface area contributed by atoms with Gasteiger partial charge in [-0.1, -0.05) is 48.3 Å². The van der Waals surface area contributed by atoms with E-state index in [0.29, 0.717) is 42.3 Å². The molecule has 0 radical (unpaired) electrons. The maximum atomic E-state index is 13.3. The molecule has 1 aliphatic rings. The third kappa shape index (κ3) is 4.28. The number of aryl methyl sites for hydroxylation is 1. The SMILES string of the molecule is CCc1c(C)nc2n(c1=O)CN(Cc1ccccc1OC)CN2c1cc(Cl)cc(Cl)c1. The Morgan fingerprint density at radius 2 is 1.81 bits per heavy atom. The number of nitrogens with zero attached hydrogens (tertiary/aromatic N) is 4. The van der Waals surface area contributed by atoms with Gasteiger partial charge in [0.2, 0.25) is 5.95 Å². The van der Waals surface area contributed by atoms with Crippen LogP contribution in [0.5, 0.6) is 5.75 Å². The van der Waals surface area contributed by atoms with E-state index in [2.05, 4.69) is 4.90 Å². The number of hydrogen-bond acceptors (Lipinski definition) is 5. The Kier molecular flexibility index (Phi) is 6.23. The van der Waals surface area contributed by atoms with Crippen molar-refractivity contribution >= 4 is 34.8 Å². The first-order chi connectivity index (χ1) is 14.9. The Hall–Kier alpha value is -2.54. The third-order valence-electron chi connectivity index (χ3n) is 5.47. The Morgan fingerprint density at radius 1 is 1.10 bits per heavy atom. The maximum absolute atomic E-state index is 13.3. The highest BCUT2D eigenvalue weighted by Crippen LogP contribution is 2.33. The molecule has 162 valence electrons. The van der Waals surface area contributed by atoms with Gasteiger partial charge in [0.15, 0.2) is 0 Å². The van der Waals surface area contributed by atoms with Crippen molar-refractivity contribution < 1.29 is 4.74 Å². The van der Waals surface area contributed by atoms with Crippen LogP contribution in [0.3, 0.4) is 0 Å². The molecule has 8 heteroatoms. The molecule has 0 spiro atoms. The van der Waals surface area contributed by atoms with Crippen LogP contribution in [0.25, 0.3) is 0 Å². The van der Waals surface area contributed by atoms with Gasteiger partial charge >= 0.3 is 0 Å². The molecule has 2 heterocycles. The van der Waals surface area contributed by atoms with Gasteiger partial charge in [0, 0.05) is 39.1 Å². The first kappa shape index (κ1) is 21.7. The van der Waals surface area contributed by atoms with Crippen molar-refractivity contribution in [2.45, 2.75) is 33.5 Å². The van der Waals surface area contributed by atoms with Gasteiger partial charge in [0.05, 0.1) is 20.4 Å². The van der Waals surface area contributed by atoms with Crippen molar-refractivity contribution in [3.63, 3.8) is 0 Å². The quantitative estimate of drug-likeness (QED) is 0.538. The van der Waals surface area contributed by atoms with Gasteiger partial charge in [0.25, 0.3) is 5.56 Å². The molecule has 0 fully saturated rings. The lowest BCUT2D eigenvalue weighted by Gasteiger charge is -2.38. The van der Waals surface area contributed by atoms with Crippen LogP contribution >= 0.6 is 23.2 Å². The van der Waals surface area contributed by atoms with Gasteiger partial charge < -0.3 is 4.74 Å². The van der Waals surface area contributed by atoms with Crippen LogP contribution < -0.4 is 15.2 Å². The van der Waals surface area contributed by atoms with Gasteiger partial charge in [-0.25, -0.2) is 4.98 Å². The predicted molar refractivity (Wildman–Crippen MR) is 125 cm³/mol. The second kappa shape index (κ2) is 8.91. The lowest BCUT2D eigenvalue weighted by atomic mass is 10.1. The Morgan fingerprint density at radius 3 is 2.48 bits per heavy atom. The van der Waals surface area contributed by atoms with E-state index in [1.165, 1.54) is 0 Å². The van der Waals surface area contributed by atoms with Gasteiger partial charge in [-0.3, -0.25) is 19.2 Å². The fourth-order valence-electron chi connectivity index (χ4n) is 4.00. The standard InChI is InChI=1S/C23H24Cl2N4O2/c1-4-20-15(2)26-23-28(19-10-17(24)9-18(25)11-19)13-27(14-29(23)22(20)30)12-16-7-5-6-8-21(16)31-3/h5-11H,4,12-14H2,1-3H3. The van der Waals surface area contributed by atoms with Gasteiger partial charge in [-0.05, 0) is 37.6 Å². The summed E-state index contributed by atoms with van der Waals surface area (Å²) in [4.78, 5) is 22.2. The van der Waals surface area contributed by atoms with Crippen LogP contribution in [-0.4, -0.2) is 28.2 Å². The Labute approximate surface area is 191 Å². The molecule has 0 amide bonds. The lowest BCUT2D eigenvalue weighted by Crippen LogP contribution is -2.47. The van der Waals surface area contributed by atoms with E-state index >= 15 is 0 Å². The number of fused-ring (bicyclic) bond motifs is 1. The molecule has 0 N–H and O–H groups in total. The van der Waals surface area contributed by atoms with Crippen LogP contribution in [0.1, 0.15) is 23.7 Å². The molecule has 0 unspecified atom stereocenters. The molecule has 2 aromatic carbocycles. The summed E-state index contributed by atoms with van der Waals surface area (Å²) >= 11 is 12.6. The maximum Gasteiger partial charge on any atom is 0.259 e. The molecule has 3 aromatic rings. The zero-order valence-corrected chi connectivity index (χ0v) is 19.2. The summed E-state index contributed by atoms with van der Waals surface area (Å²) in [5, 5.41) is 1.06. The van der Waals surface area contributed by atoms with E-state index in [1.54, 1.807) is 17.7 Å². The Bertz CT molecular complexity index is 1160. The van der Waals surface area contributed by atoms with Gasteiger partial charge in [-0.2, -0.15) is 0 Å². The first-order valence-corrected chi connectivity index (χ1v) is 10.8. The fourth-order valence-corrected chi connectivity index (χ4v) is 4.52. The highest BCUT2D eigenvalue weighted by atomic mass is 35.5. The average Bonchev–Trinajstić information content (AvgIpc) is 2.74. The number of halogens is 2. The van der Waals surface area contributed by atoms with Crippen molar-refractivity contribution in [1.29, 1.82) is 0 Å². The van der Waals surface area contributed by atoms with Gasteiger partial charge in [0.1, 0.15) is 5.75 Å². The minimum absolute atomic E-state index is 0.0205. The Balaban J connectivity index is 1.82. The van der Waals surface area contributed by atoms with E-state index in [-0.39, 0.29) is 5.56 Å². The normalized spacial score (nSPS) is 13.9. The fraction of sp³-hybridized carbons (Fsp3) is 0.304. The number of benzene rings is 2. The predicted octanol–water partition coefficient (Wildman–Crippen LogP) is 5.00. The van der Waals surface area contributed by atoms with Crippen molar-refractivity contribution in [2.75, 3.05) is 18.7 Å². The number of ether oxygens (including phenoxy) is 1. The van der Waals surface area contributed by atoms with Crippen LogP contribution in [0.4, 0.5) is 11.6 Å². The molecule has 0 saturated heterocycles. The number of aromatic nitrogens is 2. The highest BCUT2D eigenvalue weighted by Gasteiger charge is 2.28. The molecule has 1 aromatic heterocycles. The van der Waals surface area contributed by atoms with Crippen LogP contribution in [0.2, 0.25) is 10.0 Å². The van der Waals surface area contributed by atoms with E-state index in [1.807, 2.05) is 55.1 Å². The smallest absolute Gasteiger partial charge is 0.259 e. The third-order valence-corrected chi connectivity index (χ3v) is 5.91. The minimum Gasteiger partial charge on any atom is -0.496 e. The second-order valence-electron chi connectivity index (χ2n) is 7.54. The molecular formula is C23H24Cl2N4O2. The summed E-state index contributed by atoms with van der Waals surface area (Å²) < 4.78 is 7.24. The number of rotatable bonds is 5. The van der Waals surface area contributed by atoms with E-state index in [4.69, 9.17) is 32.9 Å². The number of hydrogen-bond donors (Lipinski definition) is 0. The van der Waals surface area contributed by atoms with Crippen LogP contribution in [0, 0.1) is 6.92 Å². The summed E-state index contributed by atoms with van der Waals surface area (Å²) in [6.45, 7) is 5.41. The second-order valence-corrected chi connectivity index (χ2v) is 8.41. The zero-order valence-electron chi connectivity index (χ0n) is 17.7. The number of para-hydroxylation sites is 1. The first-order valence-electron chi connectivity index (χ1n) is 10.1. The van der Waals surface area contributed by atoms with Crippen molar-refractivity contribution in [3.05, 3.63) is 79.7 Å². The average molecular weight is 459 g/mol. The van der Waals surface area contributed by atoms with Crippen molar-refractivity contribution in [3.8, 4) is 5.75 Å². The molecule has 4 rings (SSSR count). The molecular weight excluding hydrogens is 435 g/mol. The van der Waals surface area contributed by atoms with Gasteiger partial charge in [-0.15, -0.1) is 0 Å². The summed E-state index contributed by atoms with van der Waals surface area (Å²) in [5.74, 6) is 1.41. The molecule has 0 aliphatic carbocycles. The summed E-state index contributed by atoms with van der Waals surface area (Å²) in [6.07, 6.45) is 0.632. The summed E-state index contributed by atoms with van der Waals surface area (Å²) in [7, 11) is 1.66. The molecule has 0 bridgehead atoms. The largest absolute Gasteiger partial charge is 0.496 e. The van der Waals surface area contributed by atoms with Crippen molar-refractivity contribution in [1.82, 2.24) is 14.5 Å². The van der Waals surface area contributed by atoms with Crippen LogP contribution in [-0.2, 0) is 19.6 Å². The number of anilines is 2. The highest BCUT2D eigenvalue weighted by molar-refractivity contribution is 6.35. The summed E-state index contributed by atoms with van der Waals surface area (Å²) in [5.41, 5.74) is 3.28. The number of methoxy groups -OCH3 is 1. The van der Waals surface area contributed by atoms with E-state index in [9.17, 15) is 4.79 Å². The minimum atomic E-state index is -0.0205. The zero-order chi connectivity index (χ0) is 22.1. The molecule has 1 aliphatic heterocycles. The lowest BCUT2D eigenvalue weighted by molar-refractivity contribution is 0.187. The topological polar surface area (TPSA) is 50.6 Å². The molecule has 31 heavy (non-hydrogen) atoms. The molecule has 0 saturated carbocycles. The summed E-state index contributed by atoms with van der Waals surface area (Å²) in [6, 6.07) is 13.3. The van der Waals surface area contributed by atoms with Crippen LogP contribution in [0.15, 0.2) is 47.3 Å². The molecule has 0 atom stereocenters. The van der Waals surface area contributed by atoms with E-state index < -0.39 is 0 Å². The monoisotopic (exact) mass is 458 g/mol. The van der Waals surface area contributed by atoms with E-state index in [0.717, 1.165) is 28.3 Å². The molecule has 6 nitrogen and oxygen atoms in total. The van der Waals surface area contributed by atoms with Crippen molar-refractivity contribution in [2.24, 2.45) is 0 Å².